The average Bonchev–Trinajstić information content (AvgIpc) is 2.96. The SMILES string of the molecule is COC(=O)c1cc(CN2CCN(C(=N)N)CC2)cc(C(=O)N2CCN(C(=O)c3ccc(C(=N)N)cc3)CC2)c1.Cl.Cl.Cl.Cl.Cl. The number of nitrogens with one attached hydrogen (secondary N) is 2. The number of guanidine groups is 1. The third-order valence-electron chi connectivity index (χ3n) is 7.08. The number of halogens is 5. The number of benzene rings is 2. The second kappa shape index (κ2) is 19.4. The summed E-state index contributed by atoms with van der Waals surface area (Å²) in [6.45, 7) is 4.72. The molecule has 0 radical (unpaired) electrons. The van der Waals surface area contributed by atoms with E-state index in [1.54, 1.807) is 52.3 Å². The molecule has 6 N–H and O–H groups in total. The fourth-order valence-corrected chi connectivity index (χ4v) is 4.82. The summed E-state index contributed by atoms with van der Waals surface area (Å²) in [6.07, 6.45) is 0. The van der Waals surface area contributed by atoms with Gasteiger partial charge in [-0.2, -0.15) is 0 Å². The molecule has 0 bridgehead atoms. The molecule has 0 saturated carbocycles. The smallest absolute Gasteiger partial charge is 0.337 e. The van der Waals surface area contributed by atoms with Gasteiger partial charge >= 0.3 is 5.97 Å². The molecule has 2 saturated heterocycles. The molecule has 2 aromatic rings. The molecule has 0 aliphatic carbocycles. The monoisotopic (exact) mass is 714 g/mol. The zero-order chi connectivity index (χ0) is 28.1. The fourth-order valence-electron chi connectivity index (χ4n) is 4.82. The Kier molecular flexibility index (Phi) is 19.0. The summed E-state index contributed by atoms with van der Waals surface area (Å²) in [7, 11) is 1.31. The largest absolute Gasteiger partial charge is 0.465 e. The van der Waals surface area contributed by atoms with Crippen LogP contribution in [0.15, 0.2) is 42.5 Å². The summed E-state index contributed by atoms with van der Waals surface area (Å²) in [5, 5.41) is 15.1. The highest BCUT2D eigenvalue weighted by molar-refractivity contribution is 5.99. The molecule has 246 valence electrons. The predicted octanol–water partition coefficient (Wildman–Crippen LogP) is 2.48. The van der Waals surface area contributed by atoms with E-state index >= 15 is 0 Å². The second-order valence-corrected chi connectivity index (χ2v) is 9.63. The molecule has 2 heterocycles. The van der Waals surface area contributed by atoms with E-state index < -0.39 is 5.97 Å². The van der Waals surface area contributed by atoms with Crippen molar-refractivity contribution in [1.82, 2.24) is 19.6 Å². The minimum atomic E-state index is -0.515. The molecule has 0 atom stereocenters. The Balaban J connectivity index is 0. The average molecular weight is 717 g/mol. The summed E-state index contributed by atoms with van der Waals surface area (Å²) < 4.78 is 4.92. The molecular formula is C27H39Cl5N8O4. The van der Waals surface area contributed by atoms with Crippen LogP contribution in [-0.4, -0.2) is 109 Å². The fraction of sp³-hybridized carbons (Fsp3) is 0.370. The maximum absolute atomic E-state index is 13.5. The lowest BCUT2D eigenvalue weighted by atomic mass is 10.0. The van der Waals surface area contributed by atoms with E-state index in [1.807, 2.05) is 4.90 Å². The number of nitrogens with zero attached hydrogens (tertiary/aromatic N) is 4. The van der Waals surface area contributed by atoms with Crippen LogP contribution in [0.3, 0.4) is 0 Å². The van der Waals surface area contributed by atoms with Gasteiger partial charge in [-0.05, 0) is 35.9 Å². The number of hydrogen-bond donors (Lipinski definition) is 4. The second-order valence-electron chi connectivity index (χ2n) is 9.63. The molecule has 2 aliphatic heterocycles. The van der Waals surface area contributed by atoms with Gasteiger partial charge in [-0.3, -0.25) is 25.3 Å². The molecule has 0 spiro atoms. The van der Waals surface area contributed by atoms with Crippen molar-refractivity contribution in [2.24, 2.45) is 11.5 Å². The van der Waals surface area contributed by atoms with E-state index in [9.17, 15) is 14.4 Å². The first-order valence-electron chi connectivity index (χ1n) is 12.7. The molecule has 2 aliphatic rings. The number of methoxy groups -OCH3 is 1. The lowest BCUT2D eigenvalue weighted by molar-refractivity contribution is 0.0534. The first-order valence-corrected chi connectivity index (χ1v) is 12.7. The summed E-state index contributed by atoms with van der Waals surface area (Å²) in [5.74, 6) is -0.865. The van der Waals surface area contributed by atoms with E-state index in [4.69, 9.17) is 27.0 Å². The highest BCUT2D eigenvalue weighted by Gasteiger charge is 2.27. The third kappa shape index (κ3) is 10.6. The van der Waals surface area contributed by atoms with Crippen LogP contribution < -0.4 is 11.5 Å². The van der Waals surface area contributed by atoms with Crippen LogP contribution in [0.25, 0.3) is 0 Å². The Morgan fingerprint density at radius 2 is 1.09 bits per heavy atom. The van der Waals surface area contributed by atoms with Crippen molar-refractivity contribution < 1.29 is 19.1 Å². The molecule has 44 heavy (non-hydrogen) atoms. The molecule has 4 rings (SSSR count). The molecular weight excluding hydrogens is 678 g/mol. The summed E-state index contributed by atoms with van der Waals surface area (Å²) in [5.41, 5.74) is 13.7. The number of rotatable bonds is 6. The molecule has 12 nitrogen and oxygen atoms in total. The van der Waals surface area contributed by atoms with Gasteiger partial charge in [0.25, 0.3) is 11.8 Å². The summed E-state index contributed by atoms with van der Waals surface area (Å²) in [6, 6.07) is 11.7. The summed E-state index contributed by atoms with van der Waals surface area (Å²) in [4.78, 5) is 46.1. The van der Waals surface area contributed by atoms with Gasteiger partial charge in [0.05, 0.1) is 12.7 Å². The number of piperazine rings is 2. The normalized spacial score (nSPS) is 14.2. The molecule has 0 aromatic heterocycles. The van der Waals surface area contributed by atoms with Crippen LogP contribution in [0.2, 0.25) is 0 Å². The van der Waals surface area contributed by atoms with E-state index in [1.165, 1.54) is 7.11 Å². The Labute approximate surface area is 287 Å². The van der Waals surface area contributed by atoms with E-state index in [-0.39, 0.29) is 85.6 Å². The number of nitrogens with two attached hydrogens (primary N) is 2. The standard InChI is InChI=1S/C27H34N8O4.5ClH/c1-39-26(38)22-15-18(17-32-6-8-35(9-7-32)27(30)31)14-21(16-22)25(37)34-12-10-33(11-13-34)24(36)20-4-2-19(3-5-20)23(28)29;;;;;/h2-5,14-16H,6-13,17H2,1H3,(H3,28,29)(H3,30,31);5*1H. The number of amides is 2. The zero-order valence-corrected chi connectivity index (χ0v) is 28.1. The van der Waals surface area contributed by atoms with Crippen molar-refractivity contribution in [3.63, 3.8) is 0 Å². The highest BCUT2D eigenvalue weighted by Crippen LogP contribution is 2.18. The summed E-state index contributed by atoms with van der Waals surface area (Å²) >= 11 is 0. The zero-order valence-electron chi connectivity index (χ0n) is 24.0. The number of hydrogen-bond acceptors (Lipinski definition) is 7. The first kappa shape index (κ1) is 43.1. The van der Waals surface area contributed by atoms with Crippen LogP contribution in [-0.2, 0) is 11.3 Å². The van der Waals surface area contributed by atoms with Gasteiger partial charge in [0.2, 0.25) is 0 Å². The third-order valence-corrected chi connectivity index (χ3v) is 7.08. The van der Waals surface area contributed by atoms with Crippen LogP contribution in [0, 0.1) is 10.8 Å². The molecule has 2 aromatic carbocycles. The van der Waals surface area contributed by atoms with Gasteiger partial charge in [0.15, 0.2) is 5.96 Å². The van der Waals surface area contributed by atoms with Gasteiger partial charge < -0.3 is 30.9 Å². The van der Waals surface area contributed by atoms with Crippen molar-refractivity contribution >= 4 is 91.6 Å². The van der Waals surface area contributed by atoms with E-state index in [0.29, 0.717) is 81.2 Å². The van der Waals surface area contributed by atoms with Gasteiger partial charge in [-0.1, -0.05) is 12.1 Å². The quantitative estimate of drug-likeness (QED) is 0.201. The maximum atomic E-state index is 13.5. The molecule has 2 fully saturated rings. The Morgan fingerprint density at radius 3 is 1.55 bits per heavy atom. The van der Waals surface area contributed by atoms with Gasteiger partial charge in [-0.15, -0.1) is 62.0 Å². The Bertz CT molecular complexity index is 1290. The van der Waals surface area contributed by atoms with Crippen LogP contribution in [0.4, 0.5) is 0 Å². The van der Waals surface area contributed by atoms with E-state index in [0.717, 1.165) is 5.56 Å². The van der Waals surface area contributed by atoms with Crippen molar-refractivity contribution in [3.05, 3.63) is 70.3 Å². The first-order chi connectivity index (χ1) is 18.7. The lowest BCUT2D eigenvalue weighted by Gasteiger charge is -2.35. The highest BCUT2D eigenvalue weighted by atomic mass is 35.5. The number of nitrogen functional groups attached to an aromatic ring is 1. The number of esters is 1. The van der Waals surface area contributed by atoms with Crippen molar-refractivity contribution in [3.8, 4) is 0 Å². The van der Waals surface area contributed by atoms with E-state index in [2.05, 4.69) is 4.90 Å². The molecule has 17 heteroatoms. The number of carbonyl (C=O) groups is 3. The van der Waals surface area contributed by atoms with Gasteiger partial charge in [-0.25, -0.2) is 4.79 Å². The number of carbonyl (C=O) groups excluding carboxylic acids is 3. The predicted molar refractivity (Wildman–Crippen MR) is 182 cm³/mol. The van der Waals surface area contributed by atoms with Crippen molar-refractivity contribution in [2.45, 2.75) is 6.54 Å². The van der Waals surface area contributed by atoms with Gasteiger partial charge in [0, 0.05) is 75.6 Å². The topological polar surface area (TPSA) is 173 Å². The number of ether oxygens (including phenoxy) is 1. The minimum Gasteiger partial charge on any atom is -0.465 e. The Morgan fingerprint density at radius 1 is 0.659 bits per heavy atom. The van der Waals surface area contributed by atoms with Crippen molar-refractivity contribution in [2.75, 3.05) is 59.5 Å². The maximum Gasteiger partial charge on any atom is 0.337 e. The number of amidine groups is 1. The van der Waals surface area contributed by atoms with Crippen LogP contribution in [0.1, 0.15) is 42.2 Å². The van der Waals surface area contributed by atoms with Crippen molar-refractivity contribution in [1.29, 1.82) is 10.8 Å². The lowest BCUT2D eigenvalue weighted by Crippen LogP contribution is -2.50. The van der Waals surface area contributed by atoms with Crippen LogP contribution >= 0.6 is 62.0 Å². The molecule has 0 unspecified atom stereocenters. The Hall–Kier alpha value is -3.00. The van der Waals surface area contributed by atoms with Gasteiger partial charge in [0.1, 0.15) is 5.84 Å². The minimum absolute atomic E-state index is 0. The van der Waals surface area contributed by atoms with Crippen LogP contribution in [0.5, 0.6) is 0 Å². The molecule has 2 amide bonds.